The Hall–Kier alpha value is -1.79. The molecule has 2 aliphatic heterocycles. The first kappa shape index (κ1) is 19.5. The third-order valence-electron chi connectivity index (χ3n) is 4.79. The average molecular weight is 367 g/mol. The Kier molecular flexibility index (Phi) is 7.52. The second kappa shape index (κ2) is 9.63. The first-order chi connectivity index (χ1) is 11.7. The van der Waals surface area contributed by atoms with Crippen LogP contribution in [0.4, 0.5) is 10.5 Å². The van der Waals surface area contributed by atoms with Crippen LogP contribution in [0.25, 0.3) is 0 Å². The molecule has 0 aliphatic carbocycles. The van der Waals surface area contributed by atoms with Gasteiger partial charge in [-0.25, -0.2) is 4.79 Å². The number of urea groups is 1. The van der Waals surface area contributed by atoms with E-state index in [1.54, 1.807) is 4.90 Å². The van der Waals surface area contributed by atoms with Crippen LogP contribution in [0.15, 0.2) is 30.3 Å². The SMILES string of the molecule is Cl.O=C(NC1CCNCC1)C1CCCN(C(=O)Nc2ccccc2)C1. The summed E-state index contributed by atoms with van der Waals surface area (Å²) in [6.07, 6.45) is 3.69. The van der Waals surface area contributed by atoms with Crippen molar-refractivity contribution in [3.63, 3.8) is 0 Å². The molecule has 6 nitrogen and oxygen atoms in total. The van der Waals surface area contributed by atoms with Crippen LogP contribution in [0.2, 0.25) is 0 Å². The van der Waals surface area contributed by atoms with Crippen LogP contribution < -0.4 is 16.0 Å². The van der Waals surface area contributed by atoms with Gasteiger partial charge in [0.1, 0.15) is 0 Å². The fourth-order valence-corrected chi connectivity index (χ4v) is 3.38. The monoisotopic (exact) mass is 366 g/mol. The van der Waals surface area contributed by atoms with E-state index in [1.165, 1.54) is 0 Å². The molecule has 1 aromatic carbocycles. The summed E-state index contributed by atoms with van der Waals surface area (Å²) in [5, 5.41) is 9.36. The van der Waals surface area contributed by atoms with Gasteiger partial charge in [-0.05, 0) is 50.9 Å². The minimum Gasteiger partial charge on any atom is -0.353 e. The number of piperidine rings is 2. The zero-order chi connectivity index (χ0) is 16.8. The minimum absolute atomic E-state index is 0. The number of nitrogens with one attached hydrogen (secondary N) is 3. The van der Waals surface area contributed by atoms with Gasteiger partial charge in [-0.2, -0.15) is 0 Å². The van der Waals surface area contributed by atoms with Crippen molar-refractivity contribution < 1.29 is 9.59 Å². The maximum Gasteiger partial charge on any atom is 0.321 e. The average Bonchev–Trinajstić information content (AvgIpc) is 2.63. The summed E-state index contributed by atoms with van der Waals surface area (Å²) in [6.45, 7) is 3.12. The van der Waals surface area contributed by atoms with Crippen LogP contribution >= 0.6 is 12.4 Å². The fourth-order valence-electron chi connectivity index (χ4n) is 3.38. The van der Waals surface area contributed by atoms with Gasteiger partial charge in [-0.1, -0.05) is 18.2 Å². The van der Waals surface area contributed by atoms with Crippen molar-refractivity contribution in [3.05, 3.63) is 30.3 Å². The fraction of sp³-hybridized carbons (Fsp3) is 0.556. The zero-order valence-corrected chi connectivity index (χ0v) is 15.2. The molecule has 0 radical (unpaired) electrons. The van der Waals surface area contributed by atoms with Gasteiger partial charge in [-0.15, -0.1) is 12.4 Å². The van der Waals surface area contributed by atoms with Crippen LogP contribution in [0.5, 0.6) is 0 Å². The van der Waals surface area contributed by atoms with Gasteiger partial charge in [0.25, 0.3) is 0 Å². The van der Waals surface area contributed by atoms with Gasteiger partial charge in [0.2, 0.25) is 5.91 Å². The molecule has 1 unspecified atom stereocenters. The van der Waals surface area contributed by atoms with Gasteiger partial charge in [0, 0.05) is 24.8 Å². The predicted octanol–water partition coefficient (Wildman–Crippen LogP) is 2.22. The molecule has 2 saturated heterocycles. The molecule has 0 bridgehead atoms. The first-order valence-corrected chi connectivity index (χ1v) is 8.84. The highest BCUT2D eigenvalue weighted by Crippen LogP contribution is 2.19. The van der Waals surface area contributed by atoms with Crippen molar-refractivity contribution >= 4 is 30.0 Å². The molecule has 3 rings (SSSR count). The zero-order valence-electron chi connectivity index (χ0n) is 14.4. The first-order valence-electron chi connectivity index (χ1n) is 8.84. The van der Waals surface area contributed by atoms with E-state index >= 15 is 0 Å². The molecule has 1 atom stereocenters. The molecule has 2 aliphatic rings. The lowest BCUT2D eigenvalue weighted by atomic mass is 9.96. The Bertz CT molecular complexity index is 563. The van der Waals surface area contributed by atoms with Crippen molar-refractivity contribution in [3.8, 4) is 0 Å². The number of carbonyl (C=O) groups is 2. The van der Waals surface area contributed by atoms with E-state index in [2.05, 4.69) is 16.0 Å². The maximum atomic E-state index is 12.5. The quantitative estimate of drug-likeness (QED) is 0.768. The predicted molar refractivity (Wildman–Crippen MR) is 101 cm³/mol. The summed E-state index contributed by atoms with van der Waals surface area (Å²) in [5.41, 5.74) is 0.781. The Balaban J connectivity index is 0.00000225. The lowest BCUT2D eigenvalue weighted by Crippen LogP contribution is -2.50. The van der Waals surface area contributed by atoms with E-state index in [0.717, 1.165) is 44.5 Å². The number of amides is 3. The Labute approximate surface area is 155 Å². The summed E-state index contributed by atoms with van der Waals surface area (Å²) in [7, 11) is 0. The Morgan fingerprint density at radius 1 is 1.08 bits per heavy atom. The highest BCUT2D eigenvalue weighted by molar-refractivity contribution is 5.90. The van der Waals surface area contributed by atoms with Crippen molar-refractivity contribution in [2.45, 2.75) is 31.7 Å². The van der Waals surface area contributed by atoms with Crippen molar-refractivity contribution in [1.82, 2.24) is 15.5 Å². The molecule has 0 spiro atoms. The molecule has 7 heteroatoms. The molecule has 0 aromatic heterocycles. The number of hydrogen-bond donors (Lipinski definition) is 3. The normalized spacial score (nSPS) is 21.1. The van der Waals surface area contributed by atoms with Gasteiger partial charge >= 0.3 is 6.03 Å². The number of likely N-dealkylation sites (tertiary alicyclic amines) is 1. The highest BCUT2D eigenvalue weighted by Gasteiger charge is 2.29. The molecule has 3 amide bonds. The highest BCUT2D eigenvalue weighted by atomic mass is 35.5. The molecule has 3 N–H and O–H groups in total. The number of para-hydroxylation sites is 1. The second-order valence-electron chi connectivity index (χ2n) is 6.61. The van der Waals surface area contributed by atoms with Crippen molar-refractivity contribution in [1.29, 1.82) is 0 Å². The van der Waals surface area contributed by atoms with Crippen LogP contribution in [-0.2, 0) is 4.79 Å². The van der Waals surface area contributed by atoms with E-state index < -0.39 is 0 Å². The van der Waals surface area contributed by atoms with Crippen LogP contribution in [0.3, 0.4) is 0 Å². The number of rotatable bonds is 3. The second-order valence-corrected chi connectivity index (χ2v) is 6.61. The van der Waals surface area contributed by atoms with Gasteiger partial charge < -0.3 is 20.9 Å². The van der Waals surface area contributed by atoms with Crippen LogP contribution in [0, 0.1) is 5.92 Å². The molecule has 25 heavy (non-hydrogen) atoms. The summed E-state index contributed by atoms with van der Waals surface area (Å²) in [6, 6.07) is 9.57. The van der Waals surface area contributed by atoms with E-state index in [1.807, 2.05) is 30.3 Å². The van der Waals surface area contributed by atoms with Gasteiger partial charge in [0.05, 0.1) is 5.92 Å². The summed E-state index contributed by atoms with van der Waals surface area (Å²) >= 11 is 0. The molecule has 2 fully saturated rings. The third-order valence-corrected chi connectivity index (χ3v) is 4.79. The molecule has 138 valence electrons. The maximum absolute atomic E-state index is 12.5. The Morgan fingerprint density at radius 2 is 1.80 bits per heavy atom. The number of carbonyl (C=O) groups excluding carboxylic acids is 2. The molecular formula is C18H27ClN4O2. The number of halogens is 1. The lowest BCUT2D eigenvalue weighted by molar-refractivity contribution is -0.127. The number of anilines is 1. The molecule has 1 aromatic rings. The number of nitrogens with zero attached hydrogens (tertiary/aromatic N) is 1. The minimum atomic E-state index is -0.124. The molecular weight excluding hydrogens is 340 g/mol. The van der Waals surface area contributed by atoms with E-state index in [4.69, 9.17) is 0 Å². The van der Waals surface area contributed by atoms with E-state index in [0.29, 0.717) is 13.1 Å². The van der Waals surface area contributed by atoms with Gasteiger partial charge in [0.15, 0.2) is 0 Å². The van der Waals surface area contributed by atoms with Crippen molar-refractivity contribution in [2.24, 2.45) is 5.92 Å². The number of benzene rings is 1. The molecule has 2 heterocycles. The standard InChI is InChI=1S/C18H26N4O2.ClH/c23-17(20-16-8-10-19-11-9-16)14-5-4-12-22(13-14)18(24)21-15-6-2-1-3-7-15;/h1-3,6-7,14,16,19H,4-5,8-13H2,(H,20,23)(H,21,24);1H. The summed E-state index contributed by atoms with van der Waals surface area (Å²) in [4.78, 5) is 26.7. The summed E-state index contributed by atoms with van der Waals surface area (Å²) < 4.78 is 0. The van der Waals surface area contributed by atoms with Gasteiger partial charge in [-0.3, -0.25) is 4.79 Å². The van der Waals surface area contributed by atoms with E-state index in [-0.39, 0.29) is 36.3 Å². The third kappa shape index (κ3) is 5.61. The van der Waals surface area contributed by atoms with E-state index in [9.17, 15) is 9.59 Å². The number of hydrogen-bond acceptors (Lipinski definition) is 3. The van der Waals surface area contributed by atoms with Crippen LogP contribution in [-0.4, -0.2) is 49.1 Å². The largest absolute Gasteiger partial charge is 0.353 e. The molecule has 0 saturated carbocycles. The van der Waals surface area contributed by atoms with Crippen LogP contribution in [0.1, 0.15) is 25.7 Å². The lowest BCUT2D eigenvalue weighted by Gasteiger charge is -2.33. The smallest absolute Gasteiger partial charge is 0.321 e. The topological polar surface area (TPSA) is 73.5 Å². The summed E-state index contributed by atoms with van der Waals surface area (Å²) in [5.74, 6) is -0.00531. The Morgan fingerprint density at radius 3 is 2.52 bits per heavy atom. The van der Waals surface area contributed by atoms with Crippen molar-refractivity contribution in [2.75, 3.05) is 31.5 Å².